The van der Waals surface area contributed by atoms with Gasteiger partial charge in [0.05, 0.1) is 12.2 Å². The summed E-state index contributed by atoms with van der Waals surface area (Å²) in [5.41, 5.74) is 0.781. The fourth-order valence-corrected chi connectivity index (χ4v) is 3.32. The molecule has 1 fully saturated rings. The van der Waals surface area contributed by atoms with Crippen molar-refractivity contribution in [2.24, 2.45) is 5.41 Å². The molecule has 124 valence electrons. The van der Waals surface area contributed by atoms with Gasteiger partial charge in [-0.1, -0.05) is 62.4 Å². The van der Waals surface area contributed by atoms with Crippen LogP contribution in [0.4, 0.5) is 5.69 Å². The largest absolute Gasteiger partial charge is 0.272 e. The van der Waals surface area contributed by atoms with Crippen molar-refractivity contribution in [2.75, 3.05) is 5.01 Å². The molecule has 1 aliphatic rings. The Balaban J connectivity index is 2.05. The molecule has 0 aliphatic carbocycles. The van der Waals surface area contributed by atoms with Crippen molar-refractivity contribution >= 4 is 17.5 Å². The SMILES string of the molecule is CCC1(CC)C(=O)N(Cc2ccccc2)N(c2ccccc2)C1=O. The summed E-state index contributed by atoms with van der Waals surface area (Å²) in [6.45, 7) is 4.21. The predicted molar refractivity (Wildman–Crippen MR) is 93.9 cm³/mol. The van der Waals surface area contributed by atoms with Crippen molar-refractivity contribution < 1.29 is 9.59 Å². The highest BCUT2D eigenvalue weighted by Crippen LogP contribution is 2.41. The van der Waals surface area contributed by atoms with Crippen molar-refractivity contribution in [3.63, 3.8) is 0 Å². The van der Waals surface area contributed by atoms with E-state index in [-0.39, 0.29) is 11.8 Å². The van der Waals surface area contributed by atoms with Gasteiger partial charge in [0, 0.05) is 0 Å². The molecule has 4 heteroatoms. The fourth-order valence-electron chi connectivity index (χ4n) is 3.32. The van der Waals surface area contributed by atoms with Crippen LogP contribution >= 0.6 is 0 Å². The van der Waals surface area contributed by atoms with E-state index >= 15 is 0 Å². The Morgan fingerprint density at radius 2 is 1.33 bits per heavy atom. The Hall–Kier alpha value is -2.62. The molecule has 2 aromatic rings. The Morgan fingerprint density at radius 1 is 0.792 bits per heavy atom. The fraction of sp³-hybridized carbons (Fsp3) is 0.300. The highest BCUT2D eigenvalue weighted by atomic mass is 16.2. The Labute approximate surface area is 142 Å². The number of nitrogens with zero attached hydrogens (tertiary/aromatic N) is 2. The van der Waals surface area contributed by atoms with Crippen molar-refractivity contribution in [1.82, 2.24) is 5.01 Å². The first-order chi connectivity index (χ1) is 11.6. The van der Waals surface area contributed by atoms with Gasteiger partial charge in [0.1, 0.15) is 5.41 Å². The molecule has 0 spiro atoms. The molecule has 0 aromatic heterocycles. The maximum atomic E-state index is 13.2. The van der Waals surface area contributed by atoms with E-state index in [0.717, 1.165) is 11.3 Å². The minimum absolute atomic E-state index is 0.106. The van der Waals surface area contributed by atoms with Crippen molar-refractivity contribution in [3.8, 4) is 0 Å². The summed E-state index contributed by atoms with van der Waals surface area (Å²) in [6.07, 6.45) is 1.02. The van der Waals surface area contributed by atoms with E-state index in [1.54, 1.807) is 10.0 Å². The lowest BCUT2D eigenvalue weighted by Crippen LogP contribution is -2.40. The molecule has 4 nitrogen and oxygen atoms in total. The summed E-state index contributed by atoms with van der Waals surface area (Å²) in [5.74, 6) is -0.232. The van der Waals surface area contributed by atoms with Crippen molar-refractivity contribution in [1.29, 1.82) is 0 Å². The van der Waals surface area contributed by atoms with Gasteiger partial charge in [-0.15, -0.1) is 0 Å². The minimum atomic E-state index is -0.954. The van der Waals surface area contributed by atoms with Crippen LogP contribution in [0, 0.1) is 5.41 Å². The molecule has 2 aromatic carbocycles. The van der Waals surface area contributed by atoms with E-state index in [4.69, 9.17) is 0 Å². The summed E-state index contributed by atoms with van der Waals surface area (Å²) in [7, 11) is 0. The van der Waals surface area contributed by atoms with Crippen LogP contribution in [-0.2, 0) is 16.1 Å². The maximum absolute atomic E-state index is 13.2. The summed E-state index contributed by atoms with van der Waals surface area (Å²) < 4.78 is 0. The van der Waals surface area contributed by atoms with Crippen LogP contribution in [0.3, 0.4) is 0 Å². The maximum Gasteiger partial charge on any atom is 0.261 e. The van der Waals surface area contributed by atoms with Gasteiger partial charge in [-0.3, -0.25) is 9.59 Å². The predicted octanol–water partition coefficient (Wildman–Crippen LogP) is 3.78. The molecule has 0 bridgehead atoms. The standard InChI is InChI=1S/C20H22N2O2/c1-3-20(4-2)18(23)21(15-16-11-7-5-8-12-16)22(19(20)24)17-13-9-6-10-14-17/h5-14H,3-4,15H2,1-2H3. The van der Waals surface area contributed by atoms with Gasteiger partial charge in [0.2, 0.25) is 0 Å². The topological polar surface area (TPSA) is 40.6 Å². The summed E-state index contributed by atoms with van der Waals surface area (Å²) in [4.78, 5) is 26.3. The van der Waals surface area contributed by atoms with E-state index in [9.17, 15) is 9.59 Å². The van der Waals surface area contributed by atoms with Gasteiger partial charge in [0.15, 0.2) is 0 Å². The molecule has 1 heterocycles. The third-order valence-corrected chi connectivity index (χ3v) is 4.87. The Bertz CT molecular complexity index is 724. The van der Waals surface area contributed by atoms with Crippen LogP contribution in [0.1, 0.15) is 32.3 Å². The molecule has 1 aliphatic heterocycles. The number of carbonyl (C=O) groups excluding carboxylic acids is 2. The average Bonchev–Trinajstić information content (AvgIpc) is 2.84. The number of carbonyl (C=O) groups is 2. The zero-order chi connectivity index (χ0) is 17.2. The number of anilines is 1. The smallest absolute Gasteiger partial charge is 0.261 e. The molecule has 0 radical (unpaired) electrons. The van der Waals surface area contributed by atoms with Crippen LogP contribution in [0.25, 0.3) is 0 Å². The molecule has 3 rings (SSSR count). The second-order valence-electron chi connectivity index (χ2n) is 6.09. The number of amides is 2. The third kappa shape index (κ3) is 2.48. The highest BCUT2D eigenvalue weighted by molar-refractivity contribution is 6.17. The number of benzene rings is 2. The van der Waals surface area contributed by atoms with Gasteiger partial charge < -0.3 is 0 Å². The summed E-state index contributed by atoms with van der Waals surface area (Å²) >= 11 is 0. The number of hydrogen-bond donors (Lipinski definition) is 0. The van der Waals surface area contributed by atoms with Gasteiger partial charge in [0.25, 0.3) is 11.8 Å². The molecule has 0 unspecified atom stereocenters. The molecule has 0 atom stereocenters. The zero-order valence-corrected chi connectivity index (χ0v) is 14.1. The molecule has 0 N–H and O–H groups in total. The summed E-state index contributed by atoms with van der Waals surface area (Å²) in [6, 6.07) is 19.2. The van der Waals surface area contributed by atoms with Crippen molar-refractivity contribution in [3.05, 3.63) is 66.2 Å². The third-order valence-electron chi connectivity index (χ3n) is 4.87. The Kier molecular flexibility index (Phi) is 4.38. The quantitative estimate of drug-likeness (QED) is 0.786. The van der Waals surface area contributed by atoms with Gasteiger partial charge >= 0.3 is 0 Å². The minimum Gasteiger partial charge on any atom is -0.272 e. The first-order valence-electron chi connectivity index (χ1n) is 8.39. The lowest BCUT2D eigenvalue weighted by atomic mass is 9.81. The van der Waals surface area contributed by atoms with Crippen LogP contribution in [0.5, 0.6) is 0 Å². The number of hydrogen-bond acceptors (Lipinski definition) is 2. The van der Waals surface area contributed by atoms with Crippen molar-refractivity contribution in [2.45, 2.75) is 33.2 Å². The molecular weight excluding hydrogens is 300 g/mol. The lowest BCUT2D eigenvalue weighted by Gasteiger charge is -2.27. The molecule has 0 saturated carbocycles. The molecule has 24 heavy (non-hydrogen) atoms. The first kappa shape index (κ1) is 16.2. The molecular formula is C20H22N2O2. The van der Waals surface area contributed by atoms with Crippen LogP contribution in [0.15, 0.2) is 60.7 Å². The second kappa shape index (κ2) is 6.48. The van der Waals surface area contributed by atoms with Gasteiger partial charge in [-0.05, 0) is 30.5 Å². The highest BCUT2D eigenvalue weighted by Gasteiger charge is 2.56. The molecule has 2 amide bonds. The van der Waals surface area contributed by atoms with E-state index in [1.165, 1.54) is 0 Å². The number of hydrazine groups is 1. The monoisotopic (exact) mass is 322 g/mol. The lowest BCUT2D eigenvalue weighted by molar-refractivity contribution is -0.140. The van der Waals surface area contributed by atoms with Gasteiger partial charge in [-0.25, -0.2) is 10.0 Å². The normalized spacial score (nSPS) is 16.8. The van der Waals surface area contributed by atoms with E-state index in [1.807, 2.05) is 74.5 Å². The van der Waals surface area contributed by atoms with Crippen LogP contribution in [-0.4, -0.2) is 16.8 Å². The zero-order valence-electron chi connectivity index (χ0n) is 14.1. The summed E-state index contributed by atoms with van der Waals surface area (Å²) in [5, 5.41) is 3.16. The second-order valence-corrected chi connectivity index (χ2v) is 6.09. The van der Waals surface area contributed by atoms with E-state index in [0.29, 0.717) is 19.4 Å². The Morgan fingerprint density at radius 3 is 1.88 bits per heavy atom. The van der Waals surface area contributed by atoms with Gasteiger partial charge in [-0.2, -0.15) is 0 Å². The van der Waals surface area contributed by atoms with Crippen LogP contribution < -0.4 is 5.01 Å². The van der Waals surface area contributed by atoms with E-state index < -0.39 is 5.41 Å². The number of para-hydroxylation sites is 1. The van der Waals surface area contributed by atoms with Crippen LogP contribution in [0.2, 0.25) is 0 Å². The molecule has 1 saturated heterocycles. The first-order valence-corrected chi connectivity index (χ1v) is 8.39. The number of rotatable bonds is 5. The van der Waals surface area contributed by atoms with E-state index in [2.05, 4.69) is 0 Å². The average molecular weight is 322 g/mol.